The molecule has 1 N–H and O–H groups in total. The summed E-state index contributed by atoms with van der Waals surface area (Å²) >= 11 is 0. The Morgan fingerprint density at radius 3 is 2.21 bits per heavy atom. The fraction of sp³-hybridized carbons (Fsp3) is 0.650. The second-order valence-electron chi connectivity index (χ2n) is 7.48. The van der Waals surface area contributed by atoms with E-state index in [0.29, 0.717) is 32.7 Å². The number of rotatable bonds is 6. The van der Waals surface area contributed by atoms with E-state index in [1.54, 1.807) is 7.05 Å². The van der Waals surface area contributed by atoms with Gasteiger partial charge in [-0.05, 0) is 33.0 Å². The molecular weight excluding hydrogens is 494 g/mol. The third-order valence-corrected chi connectivity index (χ3v) is 5.39. The molecule has 29 heavy (non-hydrogen) atoms. The first-order valence-corrected chi connectivity index (χ1v) is 9.69. The number of halogens is 4. The minimum absolute atomic E-state index is 0. The van der Waals surface area contributed by atoms with Crippen LogP contribution in [0.15, 0.2) is 35.3 Å². The maximum absolute atomic E-state index is 12.9. The topological polar surface area (TPSA) is 34.1 Å². The van der Waals surface area contributed by atoms with Crippen molar-refractivity contribution < 1.29 is 13.2 Å². The molecule has 2 atom stereocenters. The quantitative estimate of drug-likeness (QED) is 0.351. The molecule has 166 valence electrons. The van der Waals surface area contributed by atoms with Crippen molar-refractivity contribution in [2.24, 2.45) is 4.99 Å². The Morgan fingerprint density at radius 2 is 1.72 bits per heavy atom. The van der Waals surface area contributed by atoms with E-state index in [-0.39, 0.29) is 30.0 Å². The molecule has 1 saturated heterocycles. The van der Waals surface area contributed by atoms with Crippen LogP contribution in [0.2, 0.25) is 0 Å². The molecule has 1 heterocycles. The first-order chi connectivity index (χ1) is 13.2. The maximum atomic E-state index is 12.9. The third-order valence-electron chi connectivity index (χ3n) is 5.39. The number of hydrogen-bond donors (Lipinski definition) is 1. The Bertz CT molecular complexity index is 616. The van der Waals surface area contributed by atoms with Gasteiger partial charge in [-0.2, -0.15) is 13.2 Å². The highest BCUT2D eigenvalue weighted by Crippen LogP contribution is 2.25. The number of likely N-dealkylation sites (N-methyl/N-ethyl adjacent to an activating group) is 1. The number of alkyl halides is 3. The zero-order chi connectivity index (χ0) is 20.7. The normalized spacial score (nSPS) is 18.3. The highest BCUT2D eigenvalue weighted by Gasteiger charge is 2.41. The summed E-state index contributed by atoms with van der Waals surface area (Å²) in [5.74, 6) is 0.749. The van der Waals surface area contributed by atoms with Crippen molar-refractivity contribution in [3.63, 3.8) is 0 Å². The van der Waals surface area contributed by atoms with Gasteiger partial charge in [0.2, 0.25) is 0 Å². The molecule has 2 unspecified atom stereocenters. The fourth-order valence-corrected chi connectivity index (χ4v) is 3.39. The van der Waals surface area contributed by atoms with Crippen LogP contribution < -0.4 is 5.32 Å². The number of nitrogens with one attached hydrogen (secondary N) is 1. The smallest absolute Gasteiger partial charge is 0.355 e. The van der Waals surface area contributed by atoms with Gasteiger partial charge in [-0.15, -0.1) is 24.0 Å². The molecule has 1 aromatic carbocycles. The molecule has 2 rings (SSSR count). The van der Waals surface area contributed by atoms with Crippen molar-refractivity contribution in [2.75, 3.05) is 53.9 Å². The molecule has 0 radical (unpaired) electrons. The van der Waals surface area contributed by atoms with Crippen LogP contribution in [0.4, 0.5) is 13.2 Å². The van der Waals surface area contributed by atoms with E-state index in [9.17, 15) is 13.2 Å². The molecule has 0 spiro atoms. The van der Waals surface area contributed by atoms with Crippen LogP contribution >= 0.6 is 24.0 Å². The fourth-order valence-electron chi connectivity index (χ4n) is 3.39. The van der Waals surface area contributed by atoms with Crippen LogP contribution in [-0.2, 0) is 6.42 Å². The van der Waals surface area contributed by atoms with E-state index in [1.165, 1.54) is 17.4 Å². The van der Waals surface area contributed by atoms with E-state index in [4.69, 9.17) is 0 Å². The summed E-state index contributed by atoms with van der Waals surface area (Å²) in [6, 6.07) is 9.19. The van der Waals surface area contributed by atoms with Gasteiger partial charge in [-0.25, -0.2) is 0 Å². The molecule has 5 nitrogen and oxygen atoms in total. The Morgan fingerprint density at radius 1 is 1.14 bits per heavy atom. The number of benzene rings is 1. The highest BCUT2D eigenvalue weighted by atomic mass is 127. The van der Waals surface area contributed by atoms with Crippen LogP contribution in [0.5, 0.6) is 0 Å². The van der Waals surface area contributed by atoms with Crippen LogP contribution in [0.3, 0.4) is 0 Å². The van der Waals surface area contributed by atoms with Gasteiger partial charge in [0.05, 0.1) is 0 Å². The minimum Gasteiger partial charge on any atom is -0.355 e. The Balaban J connectivity index is 0.00000420. The summed E-state index contributed by atoms with van der Waals surface area (Å²) in [5, 5.41) is 3.41. The standard InChI is InChI=1S/C20H32F3N5.HI/c1-16(20(21,22)23)27-10-12-28(13-11-27)19(24-2)25-15-18(26(3)4)14-17-8-6-5-7-9-17;/h5-9,16,18H,10-15H2,1-4H3,(H,24,25);1H. The average molecular weight is 527 g/mol. The number of guanidine groups is 1. The molecule has 1 aliphatic rings. The third kappa shape index (κ3) is 7.93. The number of aliphatic imine (C=N–C) groups is 1. The zero-order valence-electron chi connectivity index (χ0n) is 17.6. The number of hydrogen-bond acceptors (Lipinski definition) is 3. The summed E-state index contributed by atoms with van der Waals surface area (Å²) in [7, 11) is 5.82. The van der Waals surface area contributed by atoms with Crippen LogP contribution in [0.1, 0.15) is 12.5 Å². The van der Waals surface area contributed by atoms with Gasteiger partial charge in [0, 0.05) is 45.8 Å². The van der Waals surface area contributed by atoms with Crippen LogP contribution in [0, 0.1) is 0 Å². The second kappa shape index (κ2) is 11.9. The predicted molar refractivity (Wildman–Crippen MR) is 123 cm³/mol. The van der Waals surface area contributed by atoms with E-state index >= 15 is 0 Å². The van der Waals surface area contributed by atoms with E-state index in [0.717, 1.165) is 12.4 Å². The first kappa shape index (κ1) is 26.0. The monoisotopic (exact) mass is 527 g/mol. The van der Waals surface area contributed by atoms with Crippen molar-refractivity contribution in [3.8, 4) is 0 Å². The predicted octanol–water partition coefficient (Wildman–Crippen LogP) is 2.92. The van der Waals surface area contributed by atoms with E-state index in [2.05, 4.69) is 41.4 Å². The summed E-state index contributed by atoms with van der Waals surface area (Å²) in [6.07, 6.45) is -3.27. The minimum atomic E-state index is -4.18. The summed E-state index contributed by atoms with van der Waals surface area (Å²) in [5.41, 5.74) is 1.27. The number of piperazine rings is 1. The maximum Gasteiger partial charge on any atom is 0.403 e. The Kier molecular flexibility index (Phi) is 10.7. The molecule has 1 fully saturated rings. The van der Waals surface area contributed by atoms with Gasteiger partial charge in [0.1, 0.15) is 6.04 Å². The largest absolute Gasteiger partial charge is 0.403 e. The molecule has 1 aliphatic heterocycles. The lowest BCUT2D eigenvalue weighted by molar-refractivity contribution is -0.181. The van der Waals surface area contributed by atoms with Crippen molar-refractivity contribution >= 4 is 29.9 Å². The first-order valence-electron chi connectivity index (χ1n) is 9.69. The highest BCUT2D eigenvalue weighted by molar-refractivity contribution is 14.0. The number of nitrogens with zero attached hydrogens (tertiary/aromatic N) is 4. The lowest BCUT2D eigenvalue weighted by atomic mass is 10.1. The van der Waals surface area contributed by atoms with Gasteiger partial charge < -0.3 is 15.1 Å². The van der Waals surface area contributed by atoms with E-state index < -0.39 is 12.2 Å². The van der Waals surface area contributed by atoms with Gasteiger partial charge in [-0.1, -0.05) is 30.3 Å². The molecule has 0 aliphatic carbocycles. The zero-order valence-corrected chi connectivity index (χ0v) is 19.9. The lowest BCUT2D eigenvalue weighted by Crippen LogP contribution is -2.57. The summed E-state index contributed by atoms with van der Waals surface area (Å²) < 4.78 is 38.8. The Hall–Kier alpha value is -1.07. The molecule has 0 amide bonds. The van der Waals surface area contributed by atoms with Crippen molar-refractivity contribution in [1.29, 1.82) is 0 Å². The van der Waals surface area contributed by atoms with E-state index in [1.807, 2.05) is 23.1 Å². The molecule has 0 bridgehead atoms. The van der Waals surface area contributed by atoms with Crippen molar-refractivity contribution in [2.45, 2.75) is 31.6 Å². The van der Waals surface area contributed by atoms with Gasteiger partial charge >= 0.3 is 6.18 Å². The Labute approximate surface area is 189 Å². The van der Waals surface area contributed by atoms with Gasteiger partial charge in [-0.3, -0.25) is 9.89 Å². The lowest BCUT2D eigenvalue weighted by Gasteiger charge is -2.40. The molecule has 1 aromatic rings. The van der Waals surface area contributed by atoms with Crippen LogP contribution in [0.25, 0.3) is 0 Å². The SMILES string of the molecule is CN=C(NCC(Cc1ccccc1)N(C)C)N1CCN(C(C)C(F)(F)F)CC1.I. The molecule has 0 saturated carbocycles. The summed E-state index contributed by atoms with van der Waals surface area (Å²) in [4.78, 5) is 10.0. The van der Waals surface area contributed by atoms with Gasteiger partial charge in [0.25, 0.3) is 0 Å². The van der Waals surface area contributed by atoms with Gasteiger partial charge in [0.15, 0.2) is 5.96 Å². The second-order valence-corrected chi connectivity index (χ2v) is 7.48. The van der Waals surface area contributed by atoms with Crippen molar-refractivity contribution in [1.82, 2.24) is 20.0 Å². The molecule has 0 aromatic heterocycles. The van der Waals surface area contributed by atoms with Crippen LogP contribution in [-0.4, -0.2) is 92.8 Å². The molecular formula is C20H33F3IN5. The molecule has 9 heteroatoms. The average Bonchev–Trinajstić information content (AvgIpc) is 2.67. The summed E-state index contributed by atoms with van der Waals surface area (Å²) in [6.45, 7) is 3.77. The van der Waals surface area contributed by atoms with Crippen molar-refractivity contribution in [3.05, 3.63) is 35.9 Å².